The highest BCUT2D eigenvalue weighted by Gasteiger charge is 2.51. The molecular formula is C13H24N2. The Bertz CT molecular complexity index is 237. The largest absolute Gasteiger partial charge is 0.317 e. The fraction of sp³-hybridized carbons (Fsp3) is 1.00. The maximum atomic E-state index is 4.04. The Morgan fingerprint density at radius 2 is 1.53 bits per heavy atom. The summed E-state index contributed by atoms with van der Waals surface area (Å²) in [6.45, 7) is 0. The minimum atomic E-state index is 0.544. The summed E-state index contributed by atoms with van der Waals surface area (Å²) < 4.78 is 0. The van der Waals surface area contributed by atoms with Gasteiger partial charge in [-0.2, -0.15) is 0 Å². The van der Waals surface area contributed by atoms with Crippen LogP contribution in [0, 0.1) is 0 Å². The first-order chi connectivity index (χ1) is 7.26. The predicted octanol–water partition coefficient (Wildman–Crippen LogP) is 2.19. The third kappa shape index (κ3) is 1.83. The Labute approximate surface area is 93.2 Å². The van der Waals surface area contributed by atoms with Crippen LogP contribution in [-0.4, -0.2) is 24.2 Å². The van der Waals surface area contributed by atoms with Crippen LogP contribution in [0.1, 0.15) is 57.8 Å². The van der Waals surface area contributed by atoms with E-state index in [0.29, 0.717) is 11.1 Å². The number of piperidine rings is 1. The van der Waals surface area contributed by atoms with Gasteiger partial charge in [0.2, 0.25) is 0 Å². The van der Waals surface area contributed by atoms with Crippen LogP contribution in [0.5, 0.6) is 0 Å². The van der Waals surface area contributed by atoms with E-state index >= 15 is 0 Å². The molecule has 2 heteroatoms. The van der Waals surface area contributed by atoms with E-state index in [1.807, 2.05) is 0 Å². The molecule has 1 saturated heterocycles. The topological polar surface area (TPSA) is 24.1 Å². The van der Waals surface area contributed by atoms with E-state index in [0.717, 1.165) is 6.04 Å². The molecule has 2 aliphatic carbocycles. The van der Waals surface area contributed by atoms with Crippen molar-refractivity contribution in [2.45, 2.75) is 74.9 Å². The molecule has 2 N–H and O–H groups in total. The Balaban J connectivity index is 1.65. The van der Waals surface area contributed by atoms with Gasteiger partial charge >= 0.3 is 0 Å². The van der Waals surface area contributed by atoms with E-state index in [2.05, 4.69) is 17.7 Å². The van der Waals surface area contributed by atoms with Crippen molar-refractivity contribution < 1.29 is 0 Å². The molecule has 0 aromatic carbocycles. The molecule has 3 rings (SSSR count). The van der Waals surface area contributed by atoms with Crippen molar-refractivity contribution in [3.8, 4) is 0 Å². The summed E-state index contributed by atoms with van der Waals surface area (Å²) in [5.41, 5.74) is 1.16. The molecule has 0 unspecified atom stereocenters. The molecule has 0 amide bonds. The van der Waals surface area contributed by atoms with Crippen LogP contribution in [0.25, 0.3) is 0 Å². The first-order valence-corrected chi connectivity index (χ1v) is 6.73. The Kier molecular flexibility index (Phi) is 2.33. The predicted molar refractivity (Wildman–Crippen MR) is 63.0 cm³/mol. The second-order valence-electron chi connectivity index (χ2n) is 6.10. The van der Waals surface area contributed by atoms with Gasteiger partial charge in [0, 0.05) is 17.1 Å². The number of hydrogen-bond donors (Lipinski definition) is 2. The van der Waals surface area contributed by atoms with Gasteiger partial charge in [-0.05, 0) is 64.8 Å². The summed E-state index contributed by atoms with van der Waals surface area (Å²) in [5.74, 6) is 0. The Morgan fingerprint density at radius 1 is 0.933 bits per heavy atom. The van der Waals surface area contributed by atoms with E-state index in [-0.39, 0.29) is 0 Å². The molecule has 0 bridgehead atoms. The summed E-state index contributed by atoms with van der Waals surface area (Å²) in [6.07, 6.45) is 12.8. The fourth-order valence-corrected chi connectivity index (χ4v) is 3.81. The average molecular weight is 208 g/mol. The van der Waals surface area contributed by atoms with Crippen LogP contribution >= 0.6 is 0 Å². The number of hydrogen-bond acceptors (Lipinski definition) is 2. The third-order valence-corrected chi connectivity index (χ3v) is 5.05. The zero-order valence-electron chi connectivity index (χ0n) is 9.94. The lowest BCUT2D eigenvalue weighted by molar-refractivity contribution is 0.128. The molecule has 2 saturated carbocycles. The number of rotatable bonds is 1. The summed E-state index contributed by atoms with van der Waals surface area (Å²) in [7, 11) is 2.11. The summed E-state index contributed by atoms with van der Waals surface area (Å²) in [6, 6.07) is 0.787. The molecule has 1 aliphatic heterocycles. The maximum Gasteiger partial charge on any atom is 0.0188 e. The highest BCUT2D eigenvalue weighted by Crippen LogP contribution is 2.49. The lowest BCUT2D eigenvalue weighted by Crippen LogP contribution is -2.57. The van der Waals surface area contributed by atoms with E-state index in [1.54, 1.807) is 0 Å². The van der Waals surface area contributed by atoms with E-state index in [4.69, 9.17) is 0 Å². The Morgan fingerprint density at radius 3 is 2.07 bits per heavy atom. The van der Waals surface area contributed by atoms with Crippen LogP contribution in [0.3, 0.4) is 0 Å². The standard InChI is InChI=1S/C13H24N2/c1-14-11-3-7-12(8-4-11)5-2-6-13(15-12)9-10-13/h11,14-15H,2-10H2,1H3. The van der Waals surface area contributed by atoms with Gasteiger partial charge < -0.3 is 10.6 Å². The first kappa shape index (κ1) is 10.1. The second kappa shape index (κ2) is 3.46. The fourth-order valence-electron chi connectivity index (χ4n) is 3.81. The molecule has 2 spiro atoms. The van der Waals surface area contributed by atoms with E-state index in [1.165, 1.54) is 57.8 Å². The lowest BCUT2D eigenvalue weighted by atomic mass is 9.73. The normalized spacial score (nSPS) is 43.4. The van der Waals surface area contributed by atoms with Crippen molar-refractivity contribution >= 4 is 0 Å². The van der Waals surface area contributed by atoms with Crippen molar-refractivity contribution in [3.63, 3.8) is 0 Å². The summed E-state index contributed by atoms with van der Waals surface area (Å²) in [4.78, 5) is 0. The number of nitrogens with one attached hydrogen (secondary N) is 2. The summed E-state index contributed by atoms with van der Waals surface area (Å²) in [5, 5.41) is 7.47. The zero-order valence-corrected chi connectivity index (χ0v) is 9.94. The molecule has 2 nitrogen and oxygen atoms in total. The van der Waals surface area contributed by atoms with Crippen LogP contribution in [0.2, 0.25) is 0 Å². The molecule has 3 fully saturated rings. The molecule has 86 valence electrons. The van der Waals surface area contributed by atoms with Gasteiger partial charge in [0.25, 0.3) is 0 Å². The van der Waals surface area contributed by atoms with Crippen LogP contribution < -0.4 is 10.6 Å². The van der Waals surface area contributed by atoms with Crippen molar-refractivity contribution in [2.24, 2.45) is 0 Å². The van der Waals surface area contributed by atoms with Gasteiger partial charge in [-0.15, -0.1) is 0 Å². The first-order valence-electron chi connectivity index (χ1n) is 6.73. The molecule has 0 aromatic rings. The second-order valence-corrected chi connectivity index (χ2v) is 6.10. The zero-order chi connectivity index (χ0) is 10.4. The molecule has 0 aromatic heterocycles. The molecule has 3 aliphatic rings. The quantitative estimate of drug-likeness (QED) is 0.690. The van der Waals surface area contributed by atoms with Crippen molar-refractivity contribution in [3.05, 3.63) is 0 Å². The highest BCUT2D eigenvalue weighted by atomic mass is 15.1. The van der Waals surface area contributed by atoms with Crippen LogP contribution in [0.4, 0.5) is 0 Å². The van der Waals surface area contributed by atoms with Crippen LogP contribution in [0.15, 0.2) is 0 Å². The minimum Gasteiger partial charge on any atom is -0.317 e. The maximum absolute atomic E-state index is 4.04. The lowest BCUT2D eigenvalue weighted by Gasteiger charge is -2.47. The van der Waals surface area contributed by atoms with Gasteiger partial charge in [-0.3, -0.25) is 0 Å². The molecule has 15 heavy (non-hydrogen) atoms. The van der Waals surface area contributed by atoms with E-state index in [9.17, 15) is 0 Å². The van der Waals surface area contributed by atoms with Crippen LogP contribution in [-0.2, 0) is 0 Å². The van der Waals surface area contributed by atoms with Crippen molar-refractivity contribution in [2.75, 3.05) is 7.05 Å². The smallest absolute Gasteiger partial charge is 0.0188 e. The summed E-state index contributed by atoms with van der Waals surface area (Å²) >= 11 is 0. The Hall–Kier alpha value is -0.0800. The average Bonchev–Trinajstić information content (AvgIpc) is 2.99. The van der Waals surface area contributed by atoms with Crippen molar-refractivity contribution in [1.82, 2.24) is 10.6 Å². The SMILES string of the molecule is CNC1CCC2(CCCC3(CC3)N2)CC1. The molecule has 1 heterocycles. The minimum absolute atomic E-state index is 0.544. The molecular weight excluding hydrogens is 184 g/mol. The van der Waals surface area contributed by atoms with Gasteiger partial charge in [-0.1, -0.05) is 0 Å². The third-order valence-electron chi connectivity index (χ3n) is 5.05. The van der Waals surface area contributed by atoms with E-state index < -0.39 is 0 Å². The van der Waals surface area contributed by atoms with Gasteiger partial charge in [0.15, 0.2) is 0 Å². The van der Waals surface area contributed by atoms with Crippen molar-refractivity contribution in [1.29, 1.82) is 0 Å². The molecule has 0 radical (unpaired) electrons. The van der Waals surface area contributed by atoms with Gasteiger partial charge in [0.05, 0.1) is 0 Å². The monoisotopic (exact) mass is 208 g/mol. The van der Waals surface area contributed by atoms with Gasteiger partial charge in [0.1, 0.15) is 0 Å². The highest BCUT2D eigenvalue weighted by molar-refractivity contribution is 5.11. The van der Waals surface area contributed by atoms with Gasteiger partial charge in [-0.25, -0.2) is 0 Å². The molecule has 0 atom stereocenters.